The van der Waals surface area contributed by atoms with E-state index in [1.165, 1.54) is 23.3 Å². The van der Waals surface area contributed by atoms with Crippen LogP contribution in [-0.4, -0.2) is 43.7 Å². The maximum Gasteiger partial charge on any atom is 0.228 e. The standard InChI is InChI=1S/C24H25N9O2/c1-5-17(34)15-11-26-18(29-24(35)13-6-7-13)8-16(15)28-23-22-19(14(9-25)10-27-23)21-20(12(2)32(22)3)30-33(4)31-21/h8,10-13H,5-7H2,1-4H3,(H2,26,27,28,29,35)/t12-/m1/s1/i1D3. The number of fused-ring (bicyclic) bond motifs is 3. The number of Topliss-reactive ketones (excluding diaryl/α,β-unsaturated/α-hetero) is 1. The summed E-state index contributed by atoms with van der Waals surface area (Å²) in [7, 11) is 3.54. The van der Waals surface area contributed by atoms with E-state index in [1.807, 2.05) is 18.9 Å². The van der Waals surface area contributed by atoms with Gasteiger partial charge in [0.2, 0.25) is 5.91 Å². The van der Waals surface area contributed by atoms with E-state index in [-0.39, 0.29) is 34.9 Å². The molecule has 3 aromatic heterocycles. The molecular weight excluding hydrogens is 446 g/mol. The zero-order valence-electron chi connectivity index (χ0n) is 22.5. The highest BCUT2D eigenvalue weighted by Crippen LogP contribution is 2.47. The molecule has 35 heavy (non-hydrogen) atoms. The van der Waals surface area contributed by atoms with Crippen LogP contribution >= 0.6 is 0 Å². The van der Waals surface area contributed by atoms with Crippen molar-refractivity contribution in [3.05, 3.63) is 35.3 Å². The molecule has 1 amide bonds. The third-order valence-corrected chi connectivity index (χ3v) is 6.30. The predicted octanol–water partition coefficient (Wildman–Crippen LogP) is 3.34. The number of carbonyl (C=O) groups is 2. The number of amides is 1. The number of anilines is 4. The van der Waals surface area contributed by atoms with E-state index in [9.17, 15) is 14.9 Å². The van der Waals surface area contributed by atoms with Crippen molar-refractivity contribution in [2.24, 2.45) is 13.0 Å². The van der Waals surface area contributed by atoms with Crippen LogP contribution in [0, 0.1) is 17.2 Å². The number of rotatable bonds is 6. The average Bonchev–Trinajstić information content (AvgIpc) is 3.62. The Morgan fingerprint density at radius 1 is 1.26 bits per heavy atom. The second kappa shape index (κ2) is 8.47. The van der Waals surface area contributed by atoms with Crippen molar-refractivity contribution in [3.8, 4) is 17.3 Å². The number of ketones is 1. The molecule has 1 fully saturated rings. The fourth-order valence-corrected chi connectivity index (χ4v) is 4.16. The highest BCUT2D eigenvalue weighted by Gasteiger charge is 2.35. The lowest BCUT2D eigenvalue weighted by molar-refractivity contribution is -0.117. The molecule has 0 radical (unpaired) electrons. The first-order valence-corrected chi connectivity index (χ1v) is 11.2. The molecule has 0 spiro atoms. The van der Waals surface area contributed by atoms with Crippen LogP contribution in [0.3, 0.4) is 0 Å². The number of aromatic nitrogens is 5. The summed E-state index contributed by atoms with van der Waals surface area (Å²) in [5.74, 6) is -0.328. The first-order valence-electron chi connectivity index (χ1n) is 12.7. The van der Waals surface area contributed by atoms with E-state index >= 15 is 0 Å². The lowest BCUT2D eigenvalue weighted by Gasteiger charge is -2.33. The average molecular weight is 475 g/mol. The third-order valence-electron chi connectivity index (χ3n) is 6.30. The fraction of sp³-hybridized carbons (Fsp3) is 0.375. The number of pyridine rings is 2. The Hall–Kier alpha value is -4.33. The summed E-state index contributed by atoms with van der Waals surface area (Å²) in [5, 5.41) is 24.7. The number of nitriles is 1. The van der Waals surface area contributed by atoms with Crippen LogP contribution in [0.25, 0.3) is 11.3 Å². The van der Waals surface area contributed by atoms with Crippen molar-refractivity contribution in [1.82, 2.24) is 25.0 Å². The van der Waals surface area contributed by atoms with Gasteiger partial charge in [0.25, 0.3) is 0 Å². The largest absolute Gasteiger partial charge is 0.363 e. The van der Waals surface area contributed by atoms with Crippen LogP contribution in [0.2, 0.25) is 0 Å². The summed E-state index contributed by atoms with van der Waals surface area (Å²) in [6, 6.07) is 3.45. The van der Waals surface area contributed by atoms with Gasteiger partial charge >= 0.3 is 0 Å². The molecule has 4 heterocycles. The number of hydrogen-bond acceptors (Lipinski definition) is 9. The summed E-state index contributed by atoms with van der Waals surface area (Å²) < 4.78 is 22.6. The molecule has 0 unspecified atom stereocenters. The predicted molar refractivity (Wildman–Crippen MR) is 129 cm³/mol. The van der Waals surface area contributed by atoms with Crippen LogP contribution in [-0.2, 0) is 11.8 Å². The molecule has 3 aromatic rings. The van der Waals surface area contributed by atoms with Gasteiger partial charge in [0.15, 0.2) is 11.6 Å². The zero-order chi connectivity index (χ0) is 27.4. The van der Waals surface area contributed by atoms with Gasteiger partial charge in [-0.25, -0.2) is 9.97 Å². The van der Waals surface area contributed by atoms with E-state index in [1.54, 1.807) is 7.05 Å². The highest BCUT2D eigenvalue weighted by atomic mass is 16.2. The molecule has 1 saturated carbocycles. The number of nitrogens with zero attached hydrogens (tertiary/aromatic N) is 7. The van der Waals surface area contributed by atoms with E-state index in [4.69, 9.17) is 4.11 Å². The van der Waals surface area contributed by atoms with Crippen molar-refractivity contribution in [1.29, 1.82) is 5.26 Å². The van der Waals surface area contributed by atoms with Crippen molar-refractivity contribution in [3.63, 3.8) is 0 Å². The first-order chi connectivity index (χ1) is 18.0. The molecule has 0 bridgehead atoms. The molecule has 5 rings (SSSR count). The molecule has 1 atom stereocenters. The smallest absolute Gasteiger partial charge is 0.228 e. The Morgan fingerprint density at radius 3 is 2.77 bits per heavy atom. The second-order valence-electron chi connectivity index (χ2n) is 8.67. The number of aryl methyl sites for hydroxylation is 1. The highest BCUT2D eigenvalue weighted by molar-refractivity contribution is 6.03. The lowest BCUT2D eigenvalue weighted by Crippen LogP contribution is -2.28. The molecule has 1 aliphatic carbocycles. The molecule has 0 aromatic carbocycles. The molecule has 11 heteroatoms. The van der Waals surface area contributed by atoms with Crippen LogP contribution in [0.4, 0.5) is 23.0 Å². The topological polar surface area (TPSA) is 142 Å². The molecular formula is C24H25N9O2. The Labute approximate surface area is 206 Å². The lowest BCUT2D eigenvalue weighted by atomic mass is 9.95. The van der Waals surface area contributed by atoms with Gasteiger partial charge < -0.3 is 15.5 Å². The van der Waals surface area contributed by atoms with E-state index < -0.39 is 19.1 Å². The minimum Gasteiger partial charge on any atom is -0.363 e. The van der Waals surface area contributed by atoms with Crippen molar-refractivity contribution < 1.29 is 13.7 Å². The van der Waals surface area contributed by atoms with Gasteiger partial charge in [-0.2, -0.15) is 20.3 Å². The van der Waals surface area contributed by atoms with E-state index in [0.717, 1.165) is 12.8 Å². The Bertz CT molecular complexity index is 1500. The monoisotopic (exact) mass is 474 g/mol. The van der Waals surface area contributed by atoms with Crippen molar-refractivity contribution >= 4 is 34.7 Å². The van der Waals surface area contributed by atoms with Crippen molar-refractivity contribution in [2.45, 2.75) is 39.1 Å². The van der Waals surface area contributed by atoms with Gasteiger partial charge in [0.1, 0.15) is 23.3 Å². The molecule has 178 valence electrons. The van der Waals surface area contributed by atoms with Gasteiger partial charge in [0, 0.05) is 49.0 Å². The maximum atomic E-state index is 13.0. The summed E-state index contributed by atoms with van der Waals surface area (Å²) in [4.78, 5) is 37.3. The third kappa shape index (κ3) is 3.86. The number of carbonyl (C=O) groups excluding carboxylic acids is 2. The molecule has 2 N–H and O–H groups in total. The summed E-state index contributed by atoms with van der Waals surface area (Å²) >= 11 is 0. The minimum atomic E-state index is -2.48. The Balaban J connectivity index is 1.62. The van der Waals surface area contributed by atoms with E-state index in [0.29, 0.717) is 34.0 Å². The Morgan fingerprint density at radius 2 is 2.06 bits per heavy atom. The van der Waals surface area contributed by atoms with Gasteiger partial charge in [-0.15, -0.1) is 0 Å². The molecule has 1 aliphatic heterocycles. The van der Waals surface area contributed by atoms with Crippen LogP contribution < -0.4 is 15.5 Å². The second-order valence-corrected chi connectivity index (χ2v) is 8.67. The SMILES string of the molecule is [2H]C([2H])([2H])CC(=O)c1cnc(NC(=O)C2CC2)cc1Nc1ncc(C#N)c2c1N(C)[C@H](C)c1nn(C)nc1-2. The number of hydrogen-bond donors (Lipinski definition) is 2. The maximum absolute atomic E-state index is 13.0. The fourth-order valence-electron chi connectivity index (χ4n) is 4.16. The molecule has 11 nitrogen and oxygen atoms in total. The number of nitrogens with one attached hydrogen (secondary N) is 2. The van der Waals surface area contributed by atoms with Gasteiger partial charge in [-0.3, -0.25) is 9.59 Å². The summed E-state index contributed by atoms with van der Waals surface area (Å²) in [5.41, 5.74) is 2.94. The van der Waals surface area contributed by atoms with Gasteiger partial charge in [0.05, 0.1) is 34.1 Å². The van der Waals surface area contributed by atoms with Crippen LogP contribution in [0.1, 0.15) is 64.8 Å². The van der Waals surface area contributed by atoms with Crippen LogP contribution in [0.5, 0.6) is 0 Å². The summed E-state index contributed by atoms with van der Waals surface area (Å²) in [6.45, 7) is -0.528. The van der Waals surface area contributed by atoms with Crippen molar-refractivity contribution in [2.75, 3.05) is 22.6 Å². The summed E-state index contributed by atoms with van der Waals surface area (Å²) in [6.07, 6.45) is 3.59. The van der Waals surface area contributed by atoms with Gasteiger partial charge in [-0.05, 0) is 19.8 Å². The quantitative estimate of drug-likeness (QED) is 0.514. The van der Waals surface area contributed by atoms with E-state index in [2.05, 4.69) is 36.9 Å². The van der Waals surface area contributed by atoms with Crippen LogP contribution in [0.15, 0.2) is 18.5 Å². The zero-order valence-corrected chi connectivity index (χ0v) is 19.5. The first kappa shape index (κ1) is 19.0. The Kier molecular flexibility index (Phi) is 4.60. The normalized spacial score (nSPS) is 17.8. The minimum absolute atomic E-state index is 0.0390. The molecule has 2 aliphatic rings. The molecule has 0 saturated heterocycles. The van der Waals surface area contributed by atoms with Gasteiger partial charge in [-0.1, -0.05) is 6.85 Å².